The van der Waals surface area contributed by atoms with Gasteiger partial charge >= 0.3 is 0 Å². The smallest absolute Gasteiger partial charge is 0.157 e. The summed E-state index contributed by atoms with van der Waals surface area (Å²) in [5.41, 5.74) is 0. The van der Waals surface area contributed by atoms with Gasteiger partial charge in [-0.25, -0.2) is 0 Å². The van der Waals surface area contributed by atoms with Crippen LogP contribution >= 0.6 is 0 Å². The molecule has 0 spiro atoms. The number of hydrogen-bond donors (Lipinski definition) is 4. The average Bonchev–Trinajstić information content (AvgIpc) is 1.96. The fraction of sp³-hybridized carbons (Fsp3) is 1.00. The molecule has 1 rings (SSSR count). The van der Waals surface area contributed by atoms with Gasteiger partial charge in [0.2, 0.25) is 0 Å². The molecule has 66 valence electrons. The minimum atomic E-state index is -1.11. The van der Waals surface area contributed by atoms with Gasteiger partial charge in [0.05, 0.1) is 12.7 Å². The van der Waals surface area contributed by atoms with Crippen molar-refractivity contribution in [3.05, 3.63) is 0 Å². The van der Waals surface area contributed by atoms with E-state index >= 15 is 0 Å². The lowest BCUT2D eigenvalue weighted by molar-refractivity contribution is -0.239. The third kappa shape index (κ3) is 1.88. The van der Waals surface area contributed by atoms with Gasteiger partial charge in [-0.05, 0) is 0 Å². The van der Waals surface area contributed by atoms with E-state index in [4.69, 9.17) is 25.2 Å². The maximum atomic E-state index is 9.11. The minimum absolute atomic E-state index is 0.0162. The Morgan fingerprint density at radius 1 is 1.27 bits per heavy atom. The molecule has 0 aromatic carbocycles. The largest absolute Gasteiger partial charge is 0.394 e. The van der Waals surface area contributed by atoms with Crippen LogP contribution in [0.5, 0.6) is 0 Å². The molecule has 1 aliphatic heterocycles. The molecule has 1 fully saturated rings. The summed E-state index contributed by atoms with van der Waals surface area (Å²) >= 11 is 0. The fourth-order valence-corrected chi connectivity index (χ4v) is 1.08. The Balaban J connectivity index is 2.51. The normalized spacial score (nSPS) is 45.8. The zero-order valence-electron chi connectivity index (χ0n) is 5.92. The van der Waals surface area contributed by atoms with Crippen LogP contribution in [-0.4, -0.2) is 51.6 Å². The van der Waals surface area contributed by atoms with E-state index in [1.54, 1.807) is 0 Å². The zero-order valence-corrected chi connectivity index (χ0v) is 5.92. The first-order valence-corrected chi connectivity index (χ1v) is 3.45. The van der Waals surface area contributed by atoms with E-state index in [0.29, 0.717) is 0 Å². The summed E-state index contributed by atoms with van der Waals surface area (Å²) in [4.78, 5) is 0. The molecule has 1 saturated heterocycles. The third-order valence-electron chi connectivity index (χ3n) is 1.73. The second-order valence-corrected chi connectivity index (χ2v) is 2.61. The van der Waals surface area contributed by atoms with E-state index in [1.165, 1.54) is 0 Å². The van der Waals surface area contributed by atoms with Gasteiger partial charge in [0.15, 0.2) is 6.29 Å². The van der Waals surface area contributed by atoms with Crippen LogP contribution in [0, 0.1) is 0 Å². The van der Waals surface area contributed by atoms with Gasteiger partial charge in [-0.1, -0.05) is 0 Å². The summed E-state index contributed by atoms with van der Waals surface area (Å²) in [5.74, 6) is 0. The first kappa shape index (κ1) is 8.89. The Hall–Kier alpha value is -0.200. The second-order valence-electron chi connectivity index (χ2n) is 2.61. The number of rotatable bonds is 1. The van der Waals surface area contributed by atoms with Crippen molar-refractivity contribution in [2.75, 3.05) is 6.61 Å². The number of ether oxygens (including phenoxy) is 1. The van der Waals surface area contributed by atoms with Crippen LogP contribution < -0.4 is 0 Å². The average molecular weight is 164 g/mol. The molecular weight excluding hydrogens is 152 g/mol. The molecule has 0 amide bonds. The van der Waals surface area contributed by atoms with Gasteiger partial charge in [0, 0.05) is 6.42 Å². The second kappa shape index (κ2) is 3.46. The Morgan fingerprint density at radius 2 is 1.91 bits per heavy atom. The molecule has 0 bridgehead atoms. The highest BCUT2D eigenvalue weighted by molar-refractivity contribution is 4.81. The van der Waals surface area contributed by atoms with E-state index in [9.17, 15) is 0 Å². The molecule has 2 unspecified atom stereocenters. The van der Waals surface area contributed by atoms with E-state index in [-0.39, 0.29) is 6.42 Å². The Labute approximate surface area is 63.8 Å². The molecule has 0 saturated carbocycles. The van der Waals surface area contributed by atoms with Crippen LogP contribution in [0.25, 0.3) is 0 Å². The molecule has 0 aromatic rings. The summed E-state index contributed by atoms with van der Waals surface area (Å²) in [6.45, 7) is -0.407. The van der Waals surface area contributed by atoms with Gasteiger partial charge in [-0.2, -0.15) is 0 Å². The molecule has 1 heterocycles. The first-order chi connectivity index (χ1) is 5.15. The lowest BCUT2D eigenvalue weighted by Crippen LogP contribution is -2.49. The molecule has 5 heteroatoms. The molecule has 0 radical (unpaired) electrons. The van der Waals surface area contributed by atoms with Crippen LogP contribution in [0.4, 0.5) is 0 Å². The topological polar surface area (TPSA) is 90.2 Å². The highest BCUT2D eigenvalue weighted by Crippen LogP contribution is 2.18. The van der Waals surface area contributed by atoms with Crippen molar-refractivity contribution in [2.24, 2.45) is 0 Å². The van der Waals surface area contributed by atoms with Crippen LogP contribution in [0.1, 0.15) is 6.42 Å². The molecule has 1 aliphatic rings. The maximum Gasteiger partial charge on any atom is 0.157 e. The van der Waals surface area contributed by atoms with Gasteiger partial charge in [0.25, 0.3) is 0 Å². The molecule has 4 atom stereocenters. The Kier molecular flexibility index (Phi) is 2.80. The van der Waals surface area contributed by atoms with Crippen molar-refractivity contribution in [3.63, 3.8) is 0 Å². The van der Waals surface area contributed by atoms with Crippen molar-refractivity contribution in [2.45, 2.75) is 31.0 Å². The lowest BCUT2D eigenvalue weighted by Gasteiger charge is -2.33. The van der Waals surface area contributed by atoms with Crippen molar-refractivity contribution in [3.8, 4) is 0 Å². The molecule has 4 N–H and O–H groups in total. The number of aliphatic hydroxyl groups excluding tert-OH is 4. The van der Waals surface area contributed by atoms with Crippen molar-refractivity contribution < 1.29 is 25.2 Å². The fourth-order valence-electron chi connectivity index (χ4n) is 1.08. The van der Waals surface area contributed by atoms with E-state index < -0.39 is 31.2 Å². The lowest BCUT2D eigenvalue weighted by atomic mass is 10.0. The summed E-state index contributed by atoms with van der Waals surface area (Å²) in [6.07, 6.45) is -4.11. The summed E-state index contributed by atoms with van der Waals surface area (Å²) in [7, 11) is 0. The Bertz CT molecular complexity index is 128. The third-order valence-corrected chi connectivity index (χ3v) is 1.73. The van der Waals surface area contributed by atoms with Crippen molar-refractivity contribution in [1.82, 2.24) is 0 Å². The predicted molar refractivity (Wildman–Crippen MR) is 34.6 cm³/mol. The van der Waals surface area contributed by atoms with E-state index in [2.05, 4.69) is 0 Å². The summed E-state index contributed by atoms with van der Waals surface area (Å²) in [5, 5.41) is 35.6. The van der Waals surface area contributed by atoms with Gasteiger partial charge in [-0.15, -0.1) is 0 Å². The quantitative estimate of drug-likeness (QED) is 0.353. The van der Waals surface area contributed by atoms with E-state index in [0.717, 1.165) is 0 Å². The van der Waals surface area contributed by atoms with Gasteiger partial charge in [0.1, 0.15) is 12.2 Å². The first-order valence-electron chi connectivity index (χ1n) is 3.45. The maximum absolute atomic E-state index is 9.11. The van der Waals surface area contributed by atoms with Crippen LogP contribution in [0.2, 0.25) is 0 Å². The number of hydrogen-bond acceptors (Lipinski definition) is 5. The van der Waals surface area contributed by atoms with Crippen molar-refractivity contribution >= 4 is 0 Å². The molecule has 0 aliphatic carbocycles. The standard InChI is InChI=1S/C6H12O5/c7-2-4-6(10)3(8)1-5(9)11-4/h3-10H,1-2H2/t3?,4-,5-,6?/m1/s1. The molecule has 5 nitrogen and oxygen atoms in total. The van der Waals surface area contributed by atoms with Crippen LogP contribution in [-0.2, 0) is 4.74 Å². The monoisotopic (exact) mass is 164 g/mol. The molecular formula is C6H12O5. The summed E-state index contributed by atoms with van der Waals surface area (Å²) in [6, 6.07) is 0. The Morgan fingerprint density at radius 3 is 2.45 bits per heavy atom. The van der Waals surface area contributed by atoms with Gasteiger partial charge < -0.3 is 25.2 Å². The van der Waals surface area contributed by atoms with Gasteiger partial charge in [-0.3, -0.25) is 0 Å². The summed E-state index contributed by atoms with van der Waals surface area (Å²) < 4.78 is 4.71. The number of aliphatic hydroxyl groups is 4. The molecule has 11 heavy (non-hydrogen) atoms. The van der Waals surface area contributed by atoms with Crippen LogP contribution in [0.15, 0.2) is 0 Å². The zero-order chi connectivity index (χ0) is 8.43. The molecule has 0 aromatic heterocycles. The highest BCUT2D eigenvalue weighted by Gasteiger charge is 2.35. The van der Waals surface area contributed by atoms with Crippen molar-refractivity contribution in [1.29, 1.82) is 0 Å². The minimum Gasteiger partial charge on any atom is -0.394 e. The SMILES string of the molecule is OC[C@H]1O[C@@H](O)CC(O)C1O. The van der Waals surface area contributed by atoms with Crippen LogP contribution in [0.3, 0.4) is 0 Å². The highest BCUT2D eigenvalue weighted by atomic mass is 16.6. The van der Waals surface area contributed by atoms with E-state index in [1.807, 2.05) is 0 Å². The predicted octanol–water partition coefficient (Wildman–Crippen LogP) is -2.19.